The van der Waals surface area contributed by atoms with Gasteiger partial charge in [0.2, 0.25) is 0 Å². The Morgan fingerprint density at radius 3 is 3.00 bits per heavy atom. The molecule has 0 unspecified atom stereocenters. The molecule has 2 aliphatic rings. The van der Waals surface area contributed by atoms with Crippen LogP contribution in [0.1, 0.15) is 13.3 Å². The van der Waals surface area contributed by atoms with Crippen LogP contribution < -0.4 is 0 Å². The third-order valence-corrected chi connectivity index (χ3v) is 2.45. The highest BCUT2D eigenvalue weighted by Crippen LogP contribution is 2.40. The van der Waals surface area contributed by atoms with Crippen molar-refractivity contribution in [3.8, 4) is 0 Å². The monoisotopic (exact) mass is 156 g/mol. The van der Waals surface area contributed by atoms with Crippen molar-refractivity contribution in [3.63, 3.8) is 0 Å². The van der Waals surface area contributed by atoms with Gasteiger partial charge in [-0.1, -0.05) is 6.58 Å². The van der Waals surface area contributed by atoms with Crippen molar-refractivity contribution in [2.24, 2.45) is 0 Å². The van der Waals surface area contributed by atoms with E-state index in [4.69, 9.17) is 9.47 Å². The number of aliphatic hydroxyl groups is 1. The van der Waals surface area contributed by atoms with Crippen LogP contribution in [0.2, 0.25) is 0 Å². The predicted octanol–water partition coefficient (Wildman–Crippen LogP) is 0.439. The van der Waals surface area contributed by atoms with Gasteiger partial charge in [0.05, 0.1) is 12.7 Å². The van der Waals surface area contributed by atoms with E-state index >= 15 is 0 Å². The van der Waals surface area contributed by atoms with E-state index in [2.05, 4.69) is 6.58 Å². The highest BCUT2D eigenvalue weighted by atomic mass is 16.7. The summed E-state index contributed by atoms with van der Waals surface area (Å²) < 4.78 is 10.8. The fourth-order valence-electron chi connectivity index (χ4n) is 1.64. The van der Waals surface area contributed by atoms with Crippen molar-refractivity contribution < 1.29 is 14.6 Å². The van der Waals surface area contributed by atoms with Gasteiger partial charge in [-0.25, -0.2) is 0 Å². The Morgan fingerprint density at radius 2 is 2.45 bits per heavy atom. The van der Waals surface area contributed by atoms with E-state index in [1.807, 2.05) is 0 Å². The molecule has 3 atom stereocenters. The molecule has 0 aromatic carbocycles. The van der Waals surface area contributed by atoms with E-state index < -0.39 is 11.9 Å². The zero-order valence-electron chi connectivity index (χ0n) is 6.54. The summed E-state index contributed by atoms with van der Waals surface area (Å²) in [5.74, 6) is -0.720. The summed E-state index contributed by atoms with van der Waals surface area (Å²) in [7, 11) is 0. The lowest BCUT2D eigenvalue weighted by Gasteiger charge is -2.29. The standard InChI is InChI=1S/C8H12O3/c1-5-7(9)6-3-4-10-8(5,2)11-6/h6-7,9H,1,3-4H2,2H3/t6-,7+,8-/m0/s1. The number of rotatable bonds is 0. The van der Waals surface area contributed by atoms with E-state index in [9.17, 15) is 5.11 Å². The molecule has 0 amide bonds. The summed E-state index contributed by atoms with van der Waals surface area (Å²) in [6.07, 6.45) is 0.124. The molecule has 0 aromatic heterocycles. The van der Waals surface area contributed by atoms with Gasteiger partial charge in [0, 0.05) is 12.0 Å². The van der Waals surface area contributed by atoms with Crippen LogP contribution in [0.5, 0.6) is 0 Å². The molecule has 2 fully saturated rings. The fraction of sp³-hybridized carbons (Fsp3) is 0.750. The first-order valence-electron chi connectivity index (χ1n) is 3.82. The highest BCUT2D eigenvalue weighted by Gasteiger charge is 2.49. The van der Waals surface area contributed by atoms with Crippen molar-refractivity contribution in [1.29, 1.82) is 0 Å². The molecule has 1 N–H and O–H groups in total. The molecule has 2 rings (SSSR count). The minimum atomic E-state index is -0.720. The average molecular weight is 156 g/mol. The second kappa shape index (κ2) is 2.06. The van der Waals surface area contributed by atoms with Crippen LogP contribution in [0.25, 0.3) is 0 Å². The van der Waals surface area contributed by atoms with Crippen LogP contribution in [-0.2, 0) is 9.47 Å². The Bertz CT molecular complexity index is 202. The molecule has 2 aliphatic heterocycles. The minimum Gasteiger partial charge on any atom is -0.386 e. The van der Waals surface area contributed by atoms with Crippen LogP contribution in [0.15, 0.2) is 12.2 Å². The van der Waals surface area contributed by atoms with Gasteiger partial charge < -0.3 is 14.6 Å². The van der Waals surface area contributed by atoms with Gasteiger partial charge in [0.1, 0.15) is 6.10 Å². The molecule has 11 heavy (non-hydrogen) atoms. The summed E-state index contributed by atoms with van der Waals surface area (Å²) in [5, 5.41) is 9.53. The molecule has 2 heterocycles. The lowest BCUT2D eigenvalue weighted by atomic mass is 10.0. The van der Waals surface area contributed by atoms with E-state index in [1.165, 1.54) is 0 Å². The summed E-state index contributed by atoms with van der Waals surface area (Å²) >= 11 is 0. The Balaban J connectivity index is 2.31. The minimum absolute atomic E-state index is 0.0961. The summed E-state index contributed by atoms with van der Waals surface area (Å²) in [5.41, 5.74) is 0.653. The quantitative estimate of drug-likeness (QED) is 0.517. The fourth-order valence-corrected chi connectivity index (χ4v) is 1.64. The largest absolute Gasteiger partial charge is 0.386 e. The Morgan fingerprint density at radius 1 is 1.73 bits per heavy atom. The first-order valence-corrected chi connectivity index (χ1v) is 3.82. The normalized spacial score (nSPS) is 49.8. The molecular weight excluding hydrogens is 144 g/mol. The number of aliphatic hydroxyl groups excluding tert-OH is 1. The first-order chi connectivity index (χ1) is 5.13. The molecular formula is C8H12O3. The van der Waals surface area contributed by atoms with E-state index in [0.29, 0.717) is 12.2 Å². The van der Waals surface area contributed by atoms with Crippen molar-refractivity contribution in [2.45, 2.75) is 31.3 Å². The first kappa shape index (κ1) is 7.28. The van der Waals surface area contributed by atoms with Crippen LogP contribution >= 0.6 is 0 Å². The molecule has 0 radical (unpaired) electrons. The lowest BCUT2D eigenvalue weighted by Crippen LogP contribution is -2.35. The third-order valence-electron chi connectivity index (χ3n) is 2.45. The maximum atomic E-state index is 9.53. The number of ether oxygens (including phenoxy) is 2. The van der Waals surface area contributed by atoms with Crippen LogP contribution in [0.4, 0.5) is 0 Å². The second-order valence-electron chi connectivity index (χ2n) is 3.21. The number of hydrogen-bond acceptors (Lipinski definition) is 3. The van der Waals surface area contributed by atoms with Crippen molar-refractivity contribution in [3.05, 3.63) is 12.2 Å². The molecule has 3 nitrogen and oxygen atoms in total. The zero-order valence-corrected chi connectivity index (χ0v) is 6.54. The van der Waals surface area contributed by atoms with Crippen LogP contribution in [-0.4, -0.2) is 29.7 Å². The molecule has 3 heteroatoms. The molecule has 2 bridgehead atoms. The molecule has 2 saturated heterocycles. The predicted molar refractivity (Wildman–Crippen MR) is 39.0 cm³/mol. The molecule has 0 aliphatic carbocycles. The zero-order chi connectivity index (χ0) is 8.06. The van der Waals surface area contributed by atoms with Gasteiger partial charge in [-0.15, -0.1) is 0 Å². The van der Waals surface area contributed by atoms with Crippen molar-refractivity contribution >= 4 is 0 Å². The van der Waals surface area contributed by atoms with Gasteiger partial charge in [0.15, 0.2) is 5.79 Å². The molecule has 0 saturated carbocycles. The topological polar surface area (TPSA) is 38.7 Å². The maximum Gasteiger partial charge on any atom is 0.190 e. The summed E-state index contributed by atoms with van der Waals surface area (Å²) in [6, 6.07) is 0. The maximum absolute atomic E-state index is 9.53. The Hall–Kier alpha value is -0.380. The average Bonchev–Trinajstić information content (AvgIpc) is 2.13. The SMILES string of the molecule is C=C1[C@@H](O)[C@@H]2CCO[C@@]1(C)O2. The van der Waals surface area contributed by atoms with E-state index in [-0.39, 0.29) is 6.10 Å². The summed E-state index contributed by atoms with van der Waals surface area (Å²) in [6.45, 7) is 6.20. The Kier molecular flexibility index (Phi) is 1.36. The third kappa shape index (κ3) is 0.851. The van der Waals surface area contributed by atoms with Gasteiger partial charge in [-0.3, -0.25) is 0 Å². The number of fused-ring (bicyclic) bond motifs is 2. The number of hydrogen-bond donors (Lipinski definition) is 1. The summed E-state index contributed by atoms with van der Waals surface area (Å²) in [4.78, 5) is 0. The highest BCUT2D eigenvalue weighted by molar-refractivity contribution is 5.20. The Labute approximate surface area is 65.6 Å². The van der Waals surface area contributed by atoms with Crippen molar-refractivity contribution in [1.82, 2.24) is 0 Å². The van der Waals surface area contributed by atoms with Gasteiger partial charge in [-0.2, -0.15) is 0 Å². The van der Waals surface area contributed by atoms with Crippen molar-refractivity contribution in [2.75, 3.05) is 6.61 Å². The van der Waals surface area contributed by atoms with E-state index in [1.54, 1.807) is 6.92 Å². The van der Waals surface area contributed by atoms with Crippen LogP contribution in [0.3, 0.4) is 0 Å². The molecule has 62 valence electrons. The smallest absolute Gasteiger partial charge is 0.190 e. The lowest BCUT2D eigenvalue weighted by molar-refractivity contribution is -0.235. The molecule has 0 aromatic rings. The molecule has 0 spiro atoms. The van der Waals surface area contributed by atoms with E-state index in [0.717, 1.165) is 6.42 Å². The van der Waals surface area contributed by atoms with Gasteiger partial charge in [-0.05, 0) is 6.92 Å². The van der Waals surface area contributed by atoms with Gasteiger partial charge >= 0.3 is 0 Å². The van der Waals surface area contributed by atoms with Crippen LogP contribution in [0, 0.1) is 0 Å². The second-order valence-corrected chi connectivity index (χ2v) is 3.21. The van der Waals surface area contributed by atoms with Gasteiger partial charge in [0.25, 0.3) is 0 Å².